The molecule has 2 atom stereocenters. The van der Waals surface area contributed by atoms with Gasteiger partial charge in [-0.25, -0.2) is 0 Å². The van der Waals surface area contributed by atoms with Gasteiger partial charge >= 0.3 is 0 Å². The first kappa shape index (κ1) is 15.8. The third-order valence-corrected chi connectivity index (χ3v) is 4.93. The van der Waals surface area contributed by atoms with Gasteiger partial charge in [-0.1, -0.05) is 78.9 Å². The van der Waals surface area contributed by atoms with E-state index in [1.165, 1.54) is 5.56 Å². The molecule has 3 aromatic carbocycles. The maximum Gasteiger partial charge on any atom is 0.167 e. The van der Waals surface area contributed by atoms with Gasteiger partial charge < -0.3 is 5.73 Å². The molecule has 0 amide bonds. The summed E-state index contributed by atoms with van der Waals surface area (Å²) in [6, 6.07) is 26.7. The molecule has 0 heterocycles. The highest BCUT2D eigenvalue weighted by Crippen LogP contribution is 2.38. The van der Waals surface area contributed by atoms with E-state index in [0.29, 0.717) is 18.4 Å². The van der Waals surface area contributed by atoms with Gasteiger partial charge in [0.05, 0.1) is 0 Å². The number of rotatable bonds is 5. The Hall–Kier alpha value is -2.71. The van der Waals surface area contributed by atoms with E-state index in [1.807, 2.05) is 42.5 Å². The van der Waals surface area contributed by atoms with Crippen LogP contribution in [0.2, 0.25) is 0 Å². The number of hydrogen-bond acceptors (Lipinski definition) is 2. The summed E-state index contributed by atoms with van der Waals surface area (Å²) in [5.74, 6) is 0.658. The quantitative estimate of drug-likeness (QED) is 0.696. The topological polar surface area (TPSA) is 43.1 Å². The summed E-state index contributed by atoms with van der Waals surface area (Å²) in [7, 11) is 0. The lowest BCUT2D eigenvalue weighted by Gasteiger charge is -2.06. The maximum atomic E-state index is 12.5. The zero-order valence-corrected chi connectivity index (χ0v) is 14.1. The van der Waals surface area contributed by atoms with Crippen molar-refractivity contribution in [2.45, 2.75) is 24.8 Å². The van der Waals surface area contributed by atoms with E-state index in [2.05, 4.69) is 36.4 Å². The lowest BCUT2D eigenvalue weighted by atomic mass is 9.98. The van der Waals surface area contributed by atoms with Crippen LogP contribution in [-0.4, -0.2) is 11.8 Å². The second-order valence-corrected chi connectivity index (χ2v) is 6.79. The van der Waals surface area contributed by atoms with Gasteiger partial charge in [0.15, 0.2) is 5.78 Å². The van der Waals surface area contributed by atoms with E-state index in [9.17, 15) is 4.79 Å². The average molecular weight is 327 g/mol. The number of ketones is 1. The number of carbonyl (C=O) groups is 1. The number of Topliss-reactive ketones (excluding diaryl/α,β-unsaturated/α-hetero) is 1. The fourth-order valence-corrected chi connectivity index (χ4v) is 3.25. The minimum Gasteiger partial charge on any atom is -0.327 e. The van der Waals surface area contributed by atoms with Gasteiger partial charge in [-0.15, -0.1) is 0 Å². The van der Waals surface area contributed by atoms with Crippen LogP contribution in [0.4, 0.5) is 0 Å². The summed E-state index contributed by atoms with van der Waals surface area (Å²) in [6.45, 7) is 0. The molecule has 0 bridgehead atoms. The molecule has 3 aromatic rings. The number of benzene rings is 3. The first-order valence-electron chi connectivity index (χ1n) is 8.74. The molecule has 0 aliphatic heterocycles. The molecule has 2 nitrogen and oxygen atoms in total. The van der Waals surface area contributed by atoms with Gasteiger partial charge in [-0.3, -0.25) is 4.79 Å². The Balaban J connectivity index is 1.44. The molecule has 0 aromatic heterocycles. The van der Waals surface area contributed by atoms with Crippen molar-refractivity contribution in [3.05, 3.63) is 95.6 Å². The molecule has 0 saturated heterocycles. The predicted octanol–water partition coefficient (Wildman–Crippen LogP) is 4.59. The molecule has 0 radical (unpaired) electrons. The fourth-order valence-electron chi connectivity index (χ4n) is 3.25. The van der Waals surface area contributed by atoms with Crippen molar-refractivity contribution < 1.29 is 4.79 Å². The summed E-state index contributed by atoms with van der Waals surface area (Å²) in [5, 5.41) is 0. The van der Waals surface area contributed by atoms with Gasteiger partial charge in [0, 0.05) is 23.9 Å². The van der Waals surface area contributed by atoms with Crippen LogP contribution in [0.15, 0.2) is 78.9 Å². The molecule has 124 valence electrons. The highest BCUT2D eigenvalue weighted by atomic mass is 16.1. The second-order valence-electron chi connectivity index (χ2n) is 6.79. The Morgan fingerprint density at radius 3 is 2.04 bits per heavy atom. The highest BCUT2D eigenvalue weighted by molar-refractivity contribution is 5.97. The molecule has 2 heteroatoms. The third kappa shape index (κ3) is 3.54. The smallest absolute Gasteiger partial charge is 0.167 e. The van der Waals surface area contributed by atoms with E-state index >= 15 is 0 Å². The predicted molar refractivity (Wildman–Crippen MR) is 102 cm³/mol. The molecule has 1 fully saturated rings. The van der Waals surface area contributed by atoms with Crippen molar-refractivity contribution in [1.29, 1.82) is 0 Å². The molecule has 0 unspecified atom stereocenters. The monoisotopic (exact) mass is 327 g/mol. The molecular weight excluding hydrogens is 306 g/mol. The second kappa shape index (κ2) is 6.66. The summed E-state index contributed by atoms with van der Waals surface area (Å²) in [4.78, 5) is 12.5. The lowest BCUT2D eigenvalue weighted by Crippen LogP contribution is -2.04. The van der Waals surface area contributed by atoms with Crippen molar-refractivity contribution in [3.63, 3.8) is 0 Å². The van der Waals surface area contributed by atoms with Crippen LogP contribution in [0.3, 0.4) is 0 Å². The summed E-state index contributed by atoms with van der Waals surface area (Å²) in [6.07, 6.45) is 1.51. The first-order chi connectivity index (χ1) is 12.2. The summed E-state index contributed by atoms with van der Waals surface area (Å²) >= 11 is 0. The average Bonchev–Trinajstić information content (AvgIpc) is 3.40. The largest absolute Gasteiger partial charge is 0.327 e. The molecule has 1 saturated carbocycles. The molecule has 4 rings (SSSR count). The zero-order valence-electron chi connectivity index (χ0n) is 14.1. The summed E-state index contributed by atoms with van der Waals surface area (Å²) in [5.41, 5.74) is 11.3. The molecule has 2 N–H and O–H groups in total. The molecule has 25 heavy (non-hydrogen) atoms. The SMILES string of the molecule is N[C@@H]1C[C@H]1c1ccc(CC(=O)c2ccc(-c3ccccc3)cc2)cc1. The highest BCUT2D eigenvalue weighted by Gasteiger charge is 2.34. The van der Waals surface area contributed by atoms with Crippen LogP contribution >= 0.6 is 0 Å². The summed E-state index contributed by atoms with van der Waals surface area (Å²) < 4.78 is 0. The van der Waals surface area contributed by atoms with Gasteiger partial charge in [-0.2, -0.15) is 0 Å². The van der Waals surface area contributed by atoms with Crippen molar-refractivity contribution >= 4 is 5.78 Å². The van der Waals surface area contributed by atoms with Crippen molar-refractivity contribution in [2.75, 3.05) is 0 Å². The van der Waals surface area contributed by atoms with Gasteiger partial charge in [0.2, 0.25) is 0 Å². The van der Waals surface area contributed by atoms with Crippen LogP contribution in [0.5, 0.6) is 0 Å². The van der Waals surface area contributed by atoms with Crippen molar-refractivity contribution in [3.8, 4) is 11.1 Å². The fraction of sp³-hybridized carbons (Fsp3) is 0.174. The van der Waals surface area contributed by atoms with E-state index < -0.39 is 0 Å². The minimum atomic E-state index is 0.149. The van der Waals surface area contributed by atoms with E-state index in [1.54, 1.807) is 0 Å². The standard InChI is InChI=1S/C23H21NO/c24-22-15-21(22)19-8-6-16(7-9-19)14-23(25)20-12-10-18(11-13-20)17-4-2-1-3-5-17/h1-13,21-22H,14-15,24H2/t21-,22+/m0/s1. The Morgan fingerprint density at radius 1 is 0.840 bits per heavy atom. The number of carbonyl (C=O) groups excluding carboxylic acids is 1. The van der Waals surface area contributed by atoms with Crippen LogP contribution < -0.4 is 5.73 Å². The van der Waals surface area contributed by atoms with E-state index in [-0.39, 0.29) is 5.78 Å². The van der Waals surface area contributed by atoms with E-state index in [0.717, 1.165) is 28.7 Å². The lowest BCUT2D eigenvalue weighted by molar-refractivity contribution is 0.0993. The Morgan fingerprint density at radius 2 is 1.44 bits per heavy atom. The van der Waals surface area contributed by atoms with Crippen LogP contribution in [0.25, 0.3) is 11.1 Å². The first-order valence-corrected chi connectivity index (χ1v) is 8.74. The van der Waals surface area contributed by atoms with Crippen molar-refractivity contribution in [1.82, 2.24) is 0 Å². The van der Waals surface area contributed by atoms with Gasteiger partial charge in [0.25, 0.3) is 0 Å². The van der Waals surface area contributed by atoms with Gasteiger partial charge in [-0.05, 0) is 28.7 Å². The number of nitrogens with two attached hydrogens (primary N) is 1. The molecule has 0 spiro atoms. The maximum absolute atomic E-state index is 12.5. The minimum absolute atomic E-state index is 0.149. The van der Waals surface area contributed by atoms with Crippen LogP contribution in [0.1, 0.15) is 33.8 Å². The Bertz CT molecular complexity index is 866. The Labute approximate surface area is 148 Å². The zero-order chi connectivity index (χ0) is 17.2. The van der Waals surface area contributed by atoms with Crippen molar-refractivity contribution in [2.24, 2.45) is 5.73 Å². The van der Waals surface area contributed by atoms with Crippen LogP contribution in [-0.2, 0) is 6.42 Å². The Kier molecular flexibility index (Phi) is 4.21. The molecular formula is C23H21NO. The van der Waals surface area contributed by atoms with Crippen LogP contribution in [0, 0.1) is 0 Å². The number of hydrogen-bond donors (Lipinski definition) is 1. The normalized spacial score (nSPS) is 18.8. The van der Waals surface area contributed by atoms with Gasteiger partial charge in [0.1, 0.15) is 0 Å². The van der Waals surface area contributed by atoms with E-state index in [4.69, 9.17) is 5.73 Å². The third-order valence-electron chi connectivity index (χ3n) is 4.93. The molecule has 1 aliphatic rings. The molecule has 1 aliphatic carbocycles.